The molecule has 2 aromatic rings. The third-order valence-corrected chi connectivity index (χ3v) is 3.53. The van der Waals surface area contributed by atoms with Crippen LogP contribution in [0.15, 0.2) is 24.5 Å². The van der Waals surface area contributed by atoms with E-state index < -0.39 is 17.2 Å². The molecule has 1 aliphatic carbocycles. The van der Waals surface area contributed by atoms with Crippen molar-refractivity contribution in [1.29, 1.82) is 0 Å². The van der Waals surface area contributed by atoms with Crippen LogP contribution in [0.25, 0.3) is 0 Å². The van der Waals surface area contributed by atoms with E-state index in [1.165, 1.54) is 11.0 Å². The lowest BCUT2D eigenvalue weighted by Gasteiger charge is -2.18. The zero-order chi connectivity index (χ0) is 14.9. The van der Waals surface area contributed by atoms with Gasteiger partial charge < -0.3 is 5.32 Å². The number of halogens is 2. The highest BCUT2D eigenvalue weighted by molar-refractivity contribution is 5.77. The van der Waals surface area contributed by atoms with Crippen molar-refractivity contribution in [3.05, 3.63) is 41.7 Å². The zero-order valence-corrected chi connectivity index (χ0v) is 11.1. The Bertz CT molecular complexity index is 655. The summed E-state index contributed by atoms with van der Waals surface area (Å²) in [6, 6.07) is 3.29. The van der Waals surface area contributed by atoms with E-state index in [4.69, 9.17) is 0 Å². The normalized spacial score (nSPS) is 15.7. The highest BCUT2D eigenvalue weighted by Crippen LogP contribution is 2.46. The van der Waals surface area contributed by atoms with Crippen molar-refractivity contribution in [2.24, 2.45) is 0 Å². The van der Waals surface area contributed by atoms with E-state index in [0.29, 0.717) is 19.4 Å². The average Bonchev–Trinajstić information content (AvgIpc) is 3.03. The van der Waals surface area contributed by atoms with Crippen LogP contribution in [0.5, 0.6) is 0 Å². The molecule has 1 heterocycles. The SMILES string of the molecule is O=C(CCn1cnnn1)NC1(c2cc(F)ccc2F)CC1. The number of rotatable bonds is 5. The number of hydrogen-bond acceptors (Lipinski definition) is 4. The molecule has 0 atom stereocenters. The molecule has 0 saturated heterocycles. The molecule has 1 aromatic carbocycles. The number of hydrogen-bond donors (Lipinski definition) is 1. The molecule has 0 aliphatic heterocycles. The summed E-state index contributed by atoms with van der Waals surface area (Å²) in [7, 11) is 0. The Morgan fingerprint density at radius 2 is 2.19 bits per heavy atom. The Morgan fingerprint density at radius 3 is 2.86 bits per heavy atom. The predicted octanol–water partition coefficient (Wildman–Crippen LogP) is 1.15. The molecule has 0 spiro atoms. The number of aromatic nitrogens is 4. The van der Waals surface area contributed by atoms with E-state index in [0.717, 1.165) is 18.2 Å². The topological polar surface area (TPSA) is 72.7 Å². The van der Waals surface area contributed by atoms with Gasteiger partial charge in [0.15, 0.2) is 0 Å². The molecule has 6 nitrogen and oxygen atoms in total. The Labute approximate surface area is 119 Å². The monoisotopic (exact) mass is 293 g/mol. The zero-order valence-electron chi connectivity index (χ0n) is 11.1. The molecule has 1 amide bonds. The summed E-state index contributed by atoms with van der Waals surface area (Å²) in [4.78, 5) is 12.0. The van der Waals surface area contributed by atoms with Crippen molar-refractivity contribution >= 4 is 5.91 Å². The second kappa shape index (κ2) is 5.19. The van der Waals surface area contributed by atoms with Crippen LogP contribution >= 0.6 is 0 Å². The number of tetrazole rings is 1. The fourth-order valence-electron chi connectivity index (χ4n) is 2.28. The summed E-state index contributed by atoms with van der Waals surface area (Å²) in [6.07, 6.45) is 2.78. The van der Waals surface area contributed by atoms with E-state index in [1.807, 2.05) is 0 Å². The van der Waals surface area contributed by atoms with Gasteiger partial charge in [-0.05, 0) is 41.5 Å². The van der Waals surface area contributed by atoms with Gasteiger partial charge in [-0.25, -0.2) is 13.5 Å². The first-order chi connectivity index (χ1) is 10.1. The summed E-state index contributed by atoms with van der Waals surface area (Å²) < 4.78 is 28.5. The first kappa shape index (κ1) is 13.6. The number of carbonyl (C=O) groups excluding carboxylic acids is 1. The van der Waals surface area contributed by atoms with Gasteiger partial charge in [0, 0.05) is 12.0 Å². The van der Waals surface area contributed by atoms with Crippen LogP contribution in [0.4, 0.5) is 8.78 Å². The van der Waals surface area contributed by atoms with Gasteiger partial charge in [0.2, 0.25) is 5.91 Å². The van der Waals surface area contributed by atoms with Crippen LogP contribution in [-0.2, 0) is 16.9 Å². The van der Waals surface area contributed by atoms with Gasteiger partial charge in [-0.1, -0.05) is 0 Å². The molecule has 0 unspecified atom stereocenters. The number of aryl methyl sites for hydroxylation is 1. The third kappa shape index (κ3) is 2.88. The molecular formula is C13H13F2N5O. The van der Waals surface area contributed by atoms with Crippen LogP contribution < -0.4 is 5.32 Å². The molecule has 110 valence electrons. The molecule has 1 fully saturated rings. The van der Waals surface area contributed by atoms with E-state index in [9.17, 15) is 13.6 Å². The van der Waals surface area contributed by atoms with Crippen molar-refractivity contribution in [3.8, 4) is 0 Å². The predicted molar refractivity (Wildman–Crippen MR) is 67.8 cm³/mol. The fraction of sp³-hybridized carbons (Fsp3) is 0.385. The number of benzene rings is 1. The van der Waals surface area contributed by atoms with Crippen molar-refractivity contribution in [2.75, 3.05) is 0 Å². The third-order valence-electron chi connectivity index (χ3n) is 3.53. The van der Waals surface area contributed by atoms with Gasteiger partial charge in [-0.2, -0.15) is 0 Å². The van der Waals surface area contributed by atoms with E-state index in [-0.39, 0.29) is 17.9 Å². The molecule has 0 bridgehead atoms. The summed E-state index contributed by atoms with van der Waals surface area (Å²) in [5.41, 5.74) is -0.567. The molecule has 1 saturated carbocycles. The van der Waals surface area contributed by atoms with Gasteiger partial charge in [0.25, 0.3) is 0 Å². The number of carbonyl (C=O) groups is 1. The number of nitrogens with zero attached hydrogens (tertiary/aromatic N) is 4. The standard InChI is InChI=1S/C13H13F2N5O/c14-9-1-2-11(15)10(7-9)13(4-5-13)17-12(21)3-6-20-8-16-18-19-20/h1-2,7-8H,3-6H2,(H,17,21). The molecule has 0 radical (unpaired) electrons. The van der Waals surface area contributed by atoms with Crippen molar-refractivity contribution in [2.45, 2.75) is 31.3 Å². The minimum Gasteiger partial charge on any atom is -0.346 e. The van der Waals surface area contributed by atoms with Gasteiger partial charge in [-0.15, -0.1) is 5.10 Å². The maximum absolute atomic E-state index is 13.8. The quantitative estimate of drug-likeness (QED) is 0.897. The first-order valence-corrected chi connectivity index (χ1v) is 6.56. The molecule has 1 aromatic heterocycles. The van der Waals surface area contributed by atoms with E-state index >= 15 is 0 Å². The summed E-state index contributed by atoms with van der Waals surface area (Å²) >= 11 is 0. The van der Waals surface area contributed by atoms with Crippen molar-refractivity contribution in [3.63, 3.8) is 0 Å². The van der Waals surface area contributed by atoms with Gasteiger partial charge >= 0.3 is 0 Å². The van der Waals surface area contributed by atoms with E-state index in [1.54, 1.807) is 0 Å². The number of nitrogens with one attached hydrogen (secondary N) is 1. The Balaban J connectivity index is 1.66. The smallest absolute Gasteiger partial charge is 0.222 e. The fourth-order valence-corrected chi connectivity index (χ4v) is 2.28. The lowest BCUT2D eigenvalue weighted by molar-refractivity contribution is -0.122. The van der Waals surface area contributed by atoms with Crippen LogP contribution in [0, 0.1) is 11.6 Å². The maximum Gasteiger partial charge on any atom is 0.222 e. The average molecular weight is 293 g/mol. The minimum atomic E-state index is -0.774. The summed E-state index contributed by atoms with van der Waals surface area (Å²) in [6.45, 7) is 0.334. The second-order valence-corrected chi connectivity index (χ2v) is 5.08. The van der Waals surface area contributed by atoms with Crippen LogP contribution in [0.3, 0.4) is 0 Å². The van der Waals surface area contributed by atoms with Crippen molar-refractivity contribution in [1.82, 2.24) is 25.5 Å². The molecule has 3 rings (SSSR count). The van der Waals surface area contributed by atoms with Crippen LogP contribution in [-0.4, -0.2) is 26.1 Å². The summed E-state index contributed by atoms with van der Waals surface area (Å²) in [5.74, 6) is -1.26. The Kier molecular flexibility index (Phi) is 3.36. The van der Waals surface area contributed by atoms with Gasteiger partial charge in [-0.3, -0.25) is 4.79 Å². The second-order valence-electron chi connectivity index (χ2n) is 5.08. The van der Waals surface area contributed by atoms with Crippen LogP contribution in [0.1, 0.15) is 24.8 Å². The molecule has 1 aliphatic rings. The number of amides is 1. The Morgan fingerprint density at radius 1 is 1.38 bits per heavy atom. The van der Waals surface area contributed by atoms with Gasteiger partial charge in [0.05, 0.1) is 12.1 Å². The largest absolute Gasteiger partial charge is 0.346 e. The highest BCUT2D eigenvalue weighted by atomic mass is 19.1. The first-order valence-electron chi connectivity index (χ1n) is 6.56. The lowest BCUT2D eigenvalue weighted by atomic mass is 10.0. The lowest BCUT2D eigenvalue weighted by Crippen LogP contribution is -2.36. The highest BCUT2D eigenvalue weighted by Gasteiger charge is 2.47. The maximum atomic E-state index is 13.8. The Hall–Kier alpha value is -2.38. The van der Waals surface area contributed by atoms with Crippen molar-refractivity contribution < 1.29 is 13.6 Å². The van der Waals surface area contributed by atoms with E-state index in [2.05, 4.69) is 20.8 Å². The summed E-state index contributed by atoms with van der Waals surface area (Å²) in [5, 5.41) is 13.4. The molecule has 1 N–H and O–H groups in total. The molecule has 21 heavy (non-hydrogen) atoms. The van der Waals surface area contributed by atoms with Crippen LogP contribution in [0.2, 0.25) is 0 Å². The molecule has 8 heteroatoms. The molecular weight excluding hydrogens is 280 g/mol. The van der Waals surface area contributed by atoms with Gasteiger partial charge in [0.1, 0.15) is 18.0 Å². The minimum absolute atomic E-state index is 0.170.